The van der Waals surface area contributed by atoms with Gasteiger partial charge in [0.15, 0.2) is 0 Å². The zero-order valence-corrected chi connectivity index (χ0v) is 10.9. The Labute approximate surface area is 107 Å². The molecule has 0 aliphatic carbocycles. The van der Waals surface area contributed by atoms with E-state index in [-0.39, 0.29) is 12.4 Å². The zero-order valence-electron chi connectivity index (χ0n) is 10.9. The Morgan fingerprint density at radius 3 is 2.61 bits per heavy atom. The SMILES string of the molecule is CCOC(=O)Cc1c(C#N)ccc(CC)c1OC. The Morgan fingerprint density at radius 2 is 2.11 bits per heavy atom. The van der Waals surface area contributed by atoms with E-state index in [0.717, 1.165) is 12.0 Å². The molecule has 1 rings (SSSR count). The molecule has 0 radical (unpaired) electrons. The highest BCUT2D eigenvalue weighted by molar-refractivity contribution is 5.75. The second kappa shape index (κ2) is 6.65. The number of aryl methyl sites for hydroxylation is 1. The summed E-state index contributed by atoms with van der Waals surface area (Å²) in [5.74, 6) is 0.269. The zero-order chi connectivity index (χ0) is 13.5. The van der Waals surface area contributed by atoms with Crippen LogP contribution in [0.5, 0.6) is 5.75 Å². The molecule has 0 heterocycles. The molecule has 0 saturated heterocycles. The number of hydrogen-bond acceptors (Lipinski definition) is 4. The maximum atomic E-state index is 11.6. The number of rotatable bonds is 5. The lowest BCUT2D eigenvalue weighted by Gasteiger charge is -2.13. The van der Waals surface area contributed by atoms with Gasteiger partial charge < -0.3 is 9.47 Å². The number of carbonyl (C=O) groups is 1. The van der Waals surface area contributed by atoms with E-state index in [9.17, 15) is 4.79 Å². The molecule has 4 nitrogen and oxygen atoms in total. The van der Waals surface area contributed by atoms with Crippen molar-refractivity contribution in [2.45, 2.75) is 26.7 Å². The lowest BCUT2D eigenvalue weighted by molar-refractivity contribution is -0.142. The third-order valence-corrected chi connectivity index (χ3v) is 2.67. The highest BCUT2D eigenvalue weighted by Gasteiger charge is 2.17. The third kappa shape index (κ3) is 3.01. The second-order valence-electron chi connectivity index (χ2n) is 3.73. The largest absolute Gasteiger partial charge is 0.496 e. The van der Waals surface area contributed by atoms with Crippen LogP contribution in [-0.4, -0.2) is 19.7 Å². The summed E-state index contributed by atoms with van der Waals surface area (Å²) in [4.78, 5) is 11.6. The van der Waals surface area contributed by atoms with Gasteiger partial charge in [-0.05, 0) is 25.0 Å². The van der Waals surface area contributed by atoms with Crippen LogP contribution in [-0.2, 0) is 22.4 Å². The molecule has 0 atom stereocenters. The number of nitrogens with zero attached hydrogens (tertiary/aromatic N) is 1. The molecule has 0 aromatic heterocycles. The molecule has 1 aromatic rings. The Kier molecular flexibility index (Phi) is 5.19. The Morgan fingerprint density at radius 1 is 1.39 bits per heavy atom. The summed E-state index contributed by atoms with van der Waals surface area (Å²) >= 11 is 0. The molecule has 96 valence electrons. The van der Waals surface area contributed by atoms with Gasteiger partial charge in [0.1, 0.15) is 5.75 Å². The molecule has 4 heteroatoms. The van der Waals surface area contributed by atoms with E-state index in [1.807, 2.05) is 13.0 Å². The van der Waals surface area contributed by atoms with Crippen molar-refractivity contribution >= 4 is 5.97 Å². The van der Waals surface area contributed by atoms with Crippen molar-refractivity contribution in [3.63, 3.8) is 0 Å². The highest BCUT2D eigenvalue weighted by atomic mass is 16.5. The van der Waals surface area contributed by atoms with Gasteiger partial charge in [0, 0.05) is 5.56 Å². The van der Waals surface area contributed by atoms with Gasteiger partial charge in [-0.2, -0.15) is 5.26 Å². The minimum absolute atomic E-state index is 0.0632. The normalized spacial score (nSPS) is 9.67. The van der Waals surface area contributed by atoms with Gasteiger partial charge in [0.05, 0.1) is 31.8 Å². The summed E-state index contributed by atoms with van der Waals surface area (Å²) < 4.78 is 10.2. The number of carbonyl (C=O) groups excluding carboxylic acids is 1. The highest BCUT2D eigenvalue weighted by Crippen LogP contribution is 2.28. The van der Waals surface area contributed by atoms with E-state index in [0.29, 0.717) is 23.5 Å². The topological polar surface area (TPSA) is 59.3 Å². The first kappa shape index (κ1) is 14.0. The molecule has 18 heavy (non-hydrogen) atoms. The van der Waals surface area contributed by atoms with E-state index in [2.05, 4.69) is 6.07 Å². The maximum absolute atomic E-state index is 11.6. The van der Waals surface area contributed by atoms with Gasteiger partial charge in [0.2, 0.25) is 0 Å². The quantitative estimate of drug-likeness (QED) is 0.749. The molecule has 0 N–H and O–H groups in total. The minimum Gasteiger partial charge on any atom is -0.496 e. The predicted octanol–water partition coefficient (Wildman–Crippen LogP) is 2.23. The number of ether oxygens (including phenoxy) is 2. The average Bonchev–Trinajstić information content (AvgIpc) is 2.38. The van der Waals surface area contributed by atoms with Crippen LogP contribution in [0.1, 0.15) is 30.5 Å². The van der Waals surface area contributed by atoms with Crippen molar-refractivity contribution in [3.05, 3.63) is 28.8 Å². The fourth-order valence-corrected chi connectivity index (χ4v) is 1.85. The van der Waals surface area contributed by atoms with Gasteiger partial charge >= 0.3 is 5.97 Å². The van der Waals surface area contributed by atoms with Crippen LogP contribution in [0.2, 0.25) is 0 Å². The summed E-state index contributed by atoms with van der Waals surface area (Å²) in [6.07, 6.45) is 0.846. The van der Waals surface area contributed by atoms with E-state index in [1.165, 1.54) is 0 Å². The van der Waals surface area contributed by atoms with Gasteiger partial charge in [0.25, 0.3) is 0 Å². The molecule has 0 amide bonds. The second-order valence-corrected chi connectivity index (χ2v) is 3.73. The van der Waals surface area contributed by atoms with E-state index in [1.54, 1.807) is 20.1 Å². The summed E-state index contributed by atoms with van der Waals surface area (Å²) in [5.41, 5.74) is 2.05. The van der Waals surface area contributed by atoms with Gasteiger partial charge in [-0.25, -0.2) is 0 Å². The van der Waals surface area contributed by atoms with E-state index < -0.39 is 0 Å². The first-order valence-corrected chi connectivity index (χ1v) is 5.92. The van der Waals surface area contributed by atoms with Crippen LogP contribution in [0.4, 0.5) is 0 Å². The minimum atomic E-state index is -0.347. The van der Waals surface area contributed by atoms with Crippen molar-refractivity contribution in [3.8, 4) is 11.8 Å². The summed E-state index contributed by atoms with van der Waals surface area (Å²) in [6.45, 7) is 4.08. The van der Waals surface area contributed by atoms with Crippen LogP contribution in [0.3, 0.4) is 0 Å². The van der Waals surface area contributed by atoms with Crippen molar-refractivity contribution in [1.82, 2.24) is 0 Å². The molecule has 0 unspecified atom stereocenters. The number of nitriles is 1. The molecular formula is C14H17NO3. The lowest BCUT2D eigenvalue weighted by atomic mass is 9.99. The number of hydrogen-bond donors (Lipinski definition) is 0. The van der Waals surface area contributed by atoms with Gasteiger partial charge in [-0.15, -0.1) is 0 Å². The molecule has 1 aromatic carbocycles. The van der Waals surface area contributed by atoms with Crippen LogP contribution in [0, 0.1) is 11.3 Å². The third-order valence-electron chi connectivity index (χ3n) is 2.67. The number of benzene rings is 1. The van der Waals surface area contributed by atoms with Crippen LogP contribution < -0.4 is 4.74 Å². The molecule has 0 saturated carbocycles. The first-order chi connectivity index (χ1) is 8.67. The van der Waals surface area contributed by atoms with Gasteiger partial charge in [-0.1, -0.05) is 13.0 Å². The predicted molar refractivity (Wildman–Crippen MR) is 67.4 cm³/mol. The first-order valence-electron chi connectivity index (χ1n) is 5.92. The smallest absolute Gasteiger partial charge is 0.310 e. The Hall–Kier alpha value is -2.02. The molecule has 0 aliphatic rings. The monoisotopic (exact) mass is 247 g/mol. The molecule has 0 aliphatic heterocycles. The molecule has 0 fully saturated rings. The molecule has 0 bridgehead atoms. The van der Waals surface area contributed by atoms with Crippen molar-refractivity contribution in [2.24, 2.45) is 0 Å². The molecule has 0 spiro atoms. The van der Waals surface area contributed by atoms with Crippen LogP contribution >= 0.6 is 0 Å². The van der Waals surface area contributed by atoms with Crippen molar-refractivity contribution in [1.29, 1.82) is 5.26 Å². The summed E-state index contributed by atoms with van der Waals surface area (Å²) in [7, 11) is 1.55. The Bertz CT molecular complexity index is 475. The van der Waals surface area contributed by atoms with E-state index >= 15 is 0 Å². The number of esters is 1. The van der Waals surface area contributed by atoms with Crippen LogP contribution in [0.15, 0.2) is 12.1 Å². The van der Waals surface area contributed by atoms with Gasteiger partial charge in [-0.3, -0.25) is 4.79 Å². The summed E-state index contributed by atoms with van der Waals surface area (Å²) in [5, 5.41) is 9.09. The van der Waals surface area contributed by atoms with E-state index in [4.69, 9.17) is 14.7 Å². The van der Waals surface area contributed by atoms with Crippen molar-refractivity contribution < 1.29 is 14.3 Å². The van der Waals surface area contributed by atoms with Crippen LogP contribution in [0.25, 0.3) is 0 Å². The molecular weight excluding hydrogens is 230 g/mol. The fraction of sp³-hybridized carbons (Fsp3) is 0.429. The maximum Gasteiger partial charge on any atom is 0.310 e. The number of methoxy groups -OCH3 is 1. The summed E-state index contributed by atoms with van der Waals surface area (Å²) in [6, 6.07) is 5.65. The lowest BCUT2D eigenvalue weighted by Crippen LogP contribution is -2.11. The average molecular weight is 247 g/mol. The van der Waals surface area contributed by atoms with Crippen molar-refractivity contribution in [2.75, 3.05) is 13.7 Å². The Balaban J connectivity index is 3.20. The standard InChI is InChI=1S/C14H17NO3/c1-4-10-6-7-11(9-15)12(14(10)17-3)8-13(16)18-5-2/h6-7H,4-5,8H2,1-3H3. The fourth-order valence-electron chi connectivity index (χ4n) is 1.85.